The molecule has 1 saturated heterocycles. The monoisotopic (exact) mass is 284 g/mol. The first-order chi connectivity index (χ1) is 10.3. The Hall–Kier alpha value is -1.32. The summed E-state index contributed by atoms with van der Waals surface area (Å²) in [5.74, 6) is 2.08. The zero-order chi connectivity index (χ0) is 14.2. The van der Waals surface area contributed by atoms with Crippen molar-refractivity contribution in [1.82, 2.24) is 10.2 Å². The average molecular weight is 284 g/mol. The van der Waals surface area contributed by atoms with Crippen LogP contribution in [0, 0.1) is 5.92 Å². The topological polar surface area (TPSA) is 28.4 Å². The zero-order valence-corrected chi connectivity index (χ0v) is 12.8. The Bertz CT molecular complexity index is 633. The lowest BCUT2D eigenvalue weighted by Crippen LogP contribution is -2.31. The third kappa shape index (κ3) is 2.39. The van der Waals surface area contributed by atoms with Crippen molar-refractivity contribution in [3.05, 3.63) is 35.6 Å². The molecule has 0 radical (unpaired) electrons. The molecule has 1 aromatic carbocycles. The van der Waals surface area contributed by atoms with Gasteiger partial charge in [-0.05, 0) is 37.8 Å². The van der Waals surface area contributed by atoms with Crippen LogP contribution in [-0.2, 0) is 13.1 Å². The second-order valence-corrected chi connectivity index (χ2v) is 6.54. The van der Waals surface area contributed by atoms with Crippen LogP contribution in [0.15, 0.2) is 28.7 Å². The van der Waals surface area contributed by atoms with Gasteiger partial charge in [0.05, 0.1) is 6.54 Å². The minimum Gasteiger partial charge on any atom is -0.459 e. The first-order valence-corrected chi connectivity index (χ1v) is 8.29. The molecule has 4 rings (SSSR count). The van der Waals surface area contributed by atoms with Crippen molar-refractivity contribution in [1.29, 1.82) is 0 Å². The molecule has 2 atom stereocenters. The zero-order valence-electron chi connectivity index (χ0n) is 12.8. The van der Waals surface area contributed by atoms with Crippen LogP contribution in [-0.4, -0.2) is 24.0 Å². The van der Waals surface area contributed by atoms with Crippen LogP contribution in [0.25, 0.3) is 11.0 Å². The molecule has 0 spiro atoms. The summed E-state index contributed by atoms with van der Waals surface area (Å²) in [4.78, 5) is 2.68. The summed E-state index contributed by atoms with van der Waals surface area (Å²) in [6.45, 7) is 6.29. The van der Waals surface area contributed by atoms with Gasteiger partial charge in [-0.3, -0.25) is 4.90 Å². The molecule has 1 aliphatic heterocycles. The van der Waals surface area contributed by atoms with Gasteiger partial charge in [0.15, 0.2) is 0 Å². The Kier molecular flexibility index (Phi) is 3.48. The Morgan fingerprint density at radius 1 is 1.29 bits per heavy atom. The van der Waals surface area contributed by atoms with Crippen molar-refractivity contribution in [3.63, 3.8) is 0 Å². The summed E-state index contributed by atoms with van der Waals surface area (Å²) in [6.07, 6.45) is 4.25. The highest BCUT2D eigenvalue weighted by atomic mass is 16.3. The molecule has 2 heterocycles. The van der Waals surface area contributed by atoms with Gasteiger partial charge in [0.1, 0.15) is 11.3 Å². The fourth-order valence-electron chi connectivity index (χ4n) is 4.13. The van der Waals surface area contributed by atoms with E-state index < -0.39 is 0 Å². The maximum Gasteiger partial charge on any atom is 0.134 e. The number of hydrogen-bond donors (Lipinski definition) is 1. The molecular weight excluding hydrogens is 260 g/mol. The number of fused-ring (bicyclic) bond motifs is 3. The van der Waals surface area contributed by atoms with E-state index in [2.05, 4.69) is 41.4 Å². The number of likely N-dealkylation sites (tertiary alicyclic amines) is 1. The van der Waals surface area contributed by atoms with Crippen LogP contribution >= 0.6 is 0 Å². The van der Waals surface area contributed by atoms with Crippen LogP contribution in [0.2, 0.25) is 0 Å². The first kappa shape index (κ1) is 13.4. The number of rotatable bonds is 5. The molecule has 0 amide bonds. The molecular formula is C18H24N2O. The van der Waals surface area contributed by atoms with E-state index in [-0.39, 0.29) is 0 Å². The highest BCUT2D eigenvalue weighted by Gasteiger charge is 2.38. The average Bonchev–Trinajstić information content (AvgIpc) is 3.20. The predicted molar refractivity (Wildman–Crippen MR) is 85.1 cm³/mol. The van der Waals surface area contributed by atoms with Crippen LogP contribution in [0.4, 0.5) is 0 Å². The lowest BCUT2D eigenvalue weighted by atomic mass is 10.1. The normalized spacial score (nSPS) is 25.2. The lowest BCUT2D eigenvalue weighted by molar-refractivity contribution is 0.204. The minimum absolute atomic E-state index is 0.815. The number of nitrogens with one attached hydrogen (secondary N) is 1. The van der Waals surface area contributed by atoms with Crippen molar-refractivity contribution in [2.24, 2.45) is 5.92 Å². The van der Waals surface area contributed by atoms with E-state index in [0.29, 0.717) is 0 Å². The molecule has 2 bridgehead atoms. The molecule has 1 N–H and O–H groups in total. The minimum atomic E-state index is 0.815. The van der Waals surface area contributed by atoms with Crippen molar-refractivity contribution in [3.8, 4) is 0 Å². The predicted octanol–water partition coefficient (Wildman–Crippen LogP) is 3.53. The summed E-state index contributed by atoms with van der Waals surface area (Å²) in [6, 6.07) is 9.29. The maximum absolute atomic E-state index is 6.10. The van der Waals surface area contributed by atoms with Gasteiger partial charge in [0.2, 0.25) is 0 Å². The summed E-state index contributed by atoms with van der Waals surface area (Å²) < 4.78 is 6.10. The fourth-order valence-corrected chi connectivity index (χ4v) is 4.13. The number of nitrogens with zero attached hydrogens (tertiary/aromatic N) is 1. The third-order valence-corrected chi connectivity index (χ3v) is 5.20. The maximum atomic E-state index is 6.10. The molecule has 21 heavy (non-hydrogen) atoms. The van der Waals surface area contributed by atoms with E-state index in [1.165, 1.54) is 36.8 Å². The van der Waals surface area contributed by atoms with Gasteiger partial charge in [0.25, 0.3) is 0 Å². The van der Waals surface area contributed by atoms with Crippen molar-refractivity contribution >= 4 is 11.0 Å². The smallest absolute Gasteiger partial charge is 0.134 e. The molecule has 3 heteroatoms. The second kappa shape index (κ2) is 5.47. The highest BCUT2D eigenvalue weighted by molar-refractivity contribution is 5.82. The molecule has 1 aromatic heterocycles. The van der Waals surface area contributed by atoms with Gasteiger partial charge in [-0.2, -0.15) is 0 Å². The van der Waals surface area contributed by atoms with Gasteiger partial charge in [-0.25, -0.2) is 0 Å². The molecule has 3 nitrogen and oxygen atoms in total. The van der Waals surface area contributed by atoms with Gasteiger partial charge >= 0.3 is 0 Å². The van der Waals surface area contributed by atoms with Crippen molar-refractivity contribution in [2.45, 2.75) is 45.3 Å². The van der Waals surface area contributed by atoms with E-state index in [4.69, 9.17) is 4.42 Å². The van der Waals surface area contributed by atoms with E-state index >= 15 is 0 Å². The largest absolute Gasteiger partial charge is 0.459 e. The Labute approximate surface area is 126 Å². The SMILES string of the molecule is CCNCc1oc2ccccc2c1CN1CC2CCC1C2. The first-order valence-electron chi connectivity index (χ1n) is 8.29. The van der Waals surface area contributed by atoms with Crippen molar-refractivity contribution in [2.75, 3.05) is 13.1 Å². The molecule has 2 fully saturated rings. The quantitative estimate of drug-likeness (QED) is 0.910. The molecule has 2 unspecified atom stereocenters. The van der Waals surface area contributed by atoms with Crippen LogP contribution in [0.3, 0.4) is 0 Å². The molecule has 112 valence electrons. The van der Waals surface area contributed by atoms with Gasteiger partial charge < -0.3 is 9.73 Å². The van der Waals surface area contributed by atoms with Crippen LogP contribution in [0.5, 0.6) is 0 Å². The number of hydrogen-bond acceptors (Lipinski definition) is 3. The standard InChI is InChI=1S/C18H24N2O/c1-2-19-10-18-16(15-5-3-4-6-17(15)21-18)12-20-11-13-7-8-14(20)9-13/h3-6,13-14,19H,2,7-12H2,1H3. The van der Waals surface area contributed by atoms with Crippen LogP contribution < -0.4 is 5.32 Å². The number of benzene rings is 1. The molecule has 2 aromatic rings. The van der Waals surface area contributed by atoms with Gasteiger partial charge in [0, 0.05) is 30.1 Å². The van der Waals surface area contributed by atoms with E-state index in [9.17, 15) is 0 Å². The second-order valence-electron chi connectivity index (χ2n) is 6.54. The highest BCUT2D eigenvalue weighted by Crippen LogP contribution is 2.39. The third-order valence-electron chi connectivity index (χ3n) is 5.20. The number of furan rings is 1. The number of para-hydroxylation sites is 1. The summed E-state index contributed by atoms with van der Waals surface area (Å²) in [5.41, 5.74) is 2.43. The van der Waals surface area contributed by atoms with Crippen molar-refractivity contribution < 1.29 is 4.42 Å². The summed E-state index contributed by atoms with van der Waals surface area (Å²) >= 11 is 0. The van der Waals surface area contributed by atoms with E-state index in [1.807, 2.05) is 0 Å². The summed E-state index contributed by atoms with van der Waals surface area (Å²) in [7, 11) is 0. The van der Waals surface area contributed by atoms with Crippen LogP contribution in [0.1, 0.15) is 37.5 Å². The van der Waals surface area contributed by atoms with Gasteiger partial charge in [-0.1, -0.05) is 25.1 Å². The fraction of sp³-hybridized carbons (Fsp3) is 0.556. The Morgan fingerprint density at radius 3 is 2.95 bits per heavy atom. The number of piperidine rings is 1. The Balaban J connectivity index is 1.65. The summed E-state index contributed by atoms with van der Waals surface area (Å²) in [5, 5.41) is 4.71. The molecule has 1 aliphatic carbocycles. The molecule has 1 saturated carbocycles. The van der Waals surface area contributed by atoms with Gasteiger partial charge in [-0.15, -0.1) is 0 Å². The van der Waals surface area contributed by atoms with E-state index in [0.717, 1.165) is 42.9 Å². The lowest BCUT2D eigenvalue weighted by Gasteiger charge is -2.26. The molecule has 2 aliphatic rings. The van der Waals surface area contributed by atoms with E-state index in [1.54, 1.807) is 0 Å². The Morgan fingerprint density at radius 2 is 2.19 bits per heavy atom.